The lowest BCUT2D eigenvalue weighted by molar-refractivity contribution is 0.112. The average molecular weight is 246 g/mol. The van der Waals surface area contributed by atoms with Crippen molar-refractivity contribution in [1.29, 1.82) is 0 Å². The fourth-order valence-corrected chi connectivity index (χ4v) is 1.82. The fraction of sp³-hybridized carbons (Fsp3) is 0.0714. The van der Waals surface area contributed by atoms with Gasteiger partial charge in [-0.25, -0.2) is 0 Å². The Hall–Kier alpha value is -1.80. The molecule has 86 valence electrons. The van der Waals surface area contributed by atoms with Crippen LogP contribution in [-0.2, 0) is 0 Å². The molecule has 2 aromatic carbocycles. The van der Waals surface area contributed by atoms with Crippen LogP contribution >= 0.6 is 11.6 Å². The van der Waals surface area contributed by atoms with Crippen LogP contribution in [0.4, 0.5) is 11.4 Å². The van der Waals surface area contributed by atoms with Gasteiger partial charge in [-0.2, -0.15) is 0 Å². The number of carbonyl (C=O) groups excluding carboxylic acids is 1. The number of rotatable bonds is 3. The molecule has 3 heteroatoms. The number of aldehydes is 1. The zero-order chi connectivity index (χ0) is 12.3. The molecule has 1 N–H and O–H groups in total. The molecule has 0 unspecified atom stereocenters. The van der Waals surface area contributed by atoms with E-state index >= 15 is 0 Å². The van der Waals surface area contributed by atoms with Crippen molar-refractivity contribution >= 4 is 29.3 Å². The first-order valence-corrected chi connectivity index (χ1v) is 5.65. The van der Waals surface area contributed by atoms with Gasteiger partial charge in [0, 0.05) is 16.9 Å². The van der Waals surface area contributed by atoms with E-state index in [1.807, 2.05) is 37.3 Å². The SMILES string of the molecule is Cc1cccc(Nc2ccc(C=O)c(Cl)c2)c1. The molecule has 0 saturated heterocycles. The van der Waals surface area contributed by atoms with Gasteiger partial charge in [0.05, 0.1) is 5.02 Å². The average Bonchev–Trinajstić information content (AvgIpc) is 2.29. The van der Waals surface area contributed by atoms with E-state index in [-0.39, 0.29) is 0 Å². The third kappa shape index (κ3) is 2.86. The van der Waals surface area contributed by atoms with Gasteiger partial charge >= 0.3 is 0 Å². The second kappa shape index (κ2) is 5.02. The molecule has 0 aliphatic rings. The van der Waals surface area contributed by atoms with Gasteiger partial charge in [0.1, 0.15) is 0 Å². The van der Waals surface area contributed by atoms with E-state index in [0.29, 0.717) is 10.6 Å². The van der Waals surface area contributed by atoms with E-state index in [9.17, 15) is 4.79 Å². The zero-order valence-corrected chi connectivity index (χ0v) is 10.2. The molecule has 0 radical (unpaired) electrons. The van der Waals surface area contributed by atoms with Gasteiger partial charge in [-0.1, -0.05) is 23.7 Å². The highest BCUT2D eigenvalue weighted by Gasteiger charge is 2.01. The Morgan fingerprint density at radius 2 is 1.88 bits per heavy atom. The highest BCUT2D eigenvalue weighted by molar-refractivity contribution is 6.33. The normalized spacial score (nSPS) is 10.0. The third-order valence-corrected chi connectivity index (χ3v) is 2.76. The summed E-state index contributed by atoms with van der Waals surface area (Å²) in [4.78, 5) is 10.6. The summed E-state index contributed by atoms with van der Waals surface area (Å²) in [5.41, 5.74) is 3.55. The number of halogens is 1. The predicted molar refractivity (Wildman–Crippen MR) is 71.3 cm³/mol. The summed E-state index contributed by atoms with van der Waals surface area (Å²) >= 11 is 5.96. The Morgan fingerprint density at radius 3 is 2.53 bits per heavy atom. The quantitative estimate of drug-likeness (QED) is 0.821. The number of anilines is 2. The lowest BCUT2D eigenvalue weighted by atomic mass is 10.2. The summed E-state index contributed by atoms with van der Waals surface area (Å²) in [5, 5.41) is 3.69. The molecule has 0 aromatic heterocycles. The second-order valence-electron chi connectivity index (χ2n) is 3.85. The van der Waals surface area contributed by atoms with Crippen LogP contribution in [0.25, 0.3) is 0 Å². The summed E-state index contributed by atoms with van der Waals surface area (Å²) < 4.78 is 0. The molecule has 17 heavy (non-hydrogen) atoms. The number of hydrogen-bond acceptors (Lipinski definition) is 2. The molecule has 0 fully saturated rings. The van der Waals surface area contributed by atoms with Gasteiger partial charge in [0.25, 0.3) is 0 Å². The molecule has 0 amide bonds. The van der Waals surface area contributed by atoms with Crippen molar-refractivity contribution in [1.82, 2.24) is 0 Å². The molecular formula is C14H12ClNO. The van der Waals surface area contributed by atoms with Gasteiger partial charge in [-0.3, -0.25) is 4.79 Å². The fourth-order valence-electron chi connectivity index (χ4n) is 1.59. The molecule has 2 aromatic rings. The van der Waals surface area contributed by atoms with E-state index in [1.54, 1.807) is 12.1 Å². The van der Waals surface area contributed by atoms with E-state index < -0.39 is 0 Å². The van der Waals surface area contributed by atoms with Crippen LogP contribution in [0.15, 0.2) is 42.5 Å². The van der Waals surface area contributed by atoms with Crippen LogP contribution in [-0.4, -0.2) is 6.29 Å². The van der Waals surface area contributed by atoms with Gasteiger partial charge in [0.15, 0.2) is 6.29 Å². The monoisotopic (exact) mass is 245 g/mol. The van der Waals surface area contributed by atoms with Crippen LogP contribution in [0.5, 0.6) is 0 Å². The number of hydrogen-bond donors (Lipinski definition) is 1. The number of nitrogens with one attached hydrogen (secondary N) is 1. The molecule has 0 aliphatic heterocycles. The molecule has 2 nitrogen and oxygen atoms in total. The minimum atomic E-state index is 0.456. The van der Waals surface area contributed by atoms with Gasteiger partial charge in [-0.05, 0) is 42.8 Å². The first kappa shape index (κ1) is 11.7. The van der Waals surface area contributed by atoms with Crippen LogP contribution < -0.4 is 5.32 Å². The Balaban J connectivity index is 2.24. The standard InChI is InChI=1S/C14H12ClNO/c1-10-3-2-4-12(7-10)16-13-6-5-11(9-17)14(15)8-13/h2-9,16H,1H3. The molecular weight excluding hydrogens is 234 g/mol. The molecule has 2 rings (SSSR count). The molecule has 0 bridgehead atoms. The summed E-state index contributed by atoms with van der Waals surface area (Å²) in [5.74, 6) is 0. The van der Waals surface area contributed by atoms with Crippen LogP contribution in [0.2, 0.25) is 5.02 Å². The van der Waals surface area contributed by atoms with Crippen molar-refractivity contribution in [2.24, 2.45) is 0 Å². The van der Waals surface area contributed by atoms with Crippen molar-refractivity contribution in [3.63, 3.8) is 0 Å². The van der Waals surface area contributed by atoms with Crippen molar-refractivity contribution in [2.45, 2.75) is 6.92 Å². The largest absolute Gasteiger partial charge is 0.355 e. The van der Waals surface area contributed by atoms with Crippen molar-refractivity contribution in [3.8, 4) is 0 Å². The minimum Gasteiger partial charge on any atom is -0.355 e. The summed E-state index contributed by atoms with van der Waals surface area (Å²) in [6.45, 7) is 2.04. The molecule has 0 heterocycles. The van der Waals surface area contributed by atoms with Gasteiger partial charge in [-0.15, -0.1) is 0 Å². The third-order valence-electron chi connectivity index (χ3n) is 2.43. The van der Waals surface area contributed by atoms with Crippen LogP contribution in [0, 0.1) is 6.92 Å². The topological polar surface area (TPSA) is 29.1 Å². The van der Waals surface area contributed by atoms with E-state index in [1.165, 1.54) is 5.56 Å². The predicted octanol–water partition coefficient (Wildman–Crippen LogP) is 4.20. The van der Waals surface area contributed by atoms with Gasteiger partial charge < -0.3 is 5.32 Å². The first-order chi connectivity index (χ1) is 8.19. The lowest BCUT2D eigenvalue weighted by Crippen LogP contribution is -1.92. The smallest absolute Gasteiger partial charge is 0.151 e. The maximum absolute atomic E-state index is 10.6. The Morgan fingerprint density at radius 1 is 1.12 bits per heavy atom. The van der Waals surface area contributed by atoms with E-state index in [4.69, 9.17) is 11.6 Å². The first-order valence-electron chi connectivity index (χ1n) is 5.27. The van der Waals surface area contributed by atoms with Crippen molar-refractivity contribution < 1.29 is 4.79 Å². The number of aryl methyl sites for hydroxylation is 1. The van der Waals surface area contributed by atoms with Crippen molar-refractivity contribution in [3.05, 3.63) is 58.6 Å². The van der Waals surface area contributed by atoms with E-state index in [2.05, 4.69) is 5.32 Å². The Bertz CT molecular complexity index is 552. The maximum Gasteiger partial charge on any atom is 0.151 e. The van der Waals surface area contributed by atoms with E-state index in [0.717, 1.165) is 17.7 Å². The number of carbonyl (C=O) groups is 1. The Labute approximate surface area is 105 Å². The summed E-state index contributed by atoms with van der Waals surface area (Å²) in [6.07, 6.45) is 0.749. The maximum atomic E-state index is 10.6. The molecule has 0 saturated carbocycles. The number of benzene rings is 2. The van der Waals surface area contributed by atoms with Gasteiger partial charge in [0.2, 0.25) is 0 Å². The lowest BCUT2D eigenvalue weighted by Gasteiger charge is -2.08. The second-order valence-corrected chi connectivity index (χ2v) is 4.26. The summed E-state index contributed by atoms with van der Waals surface area (Å²) in [6, 6.07) is 13.3. The summed E-state index contributed by atoms with van der Waals surface area (Å²) in [7, 11) is 0. The zero-order valence-electron chi connectivity index (χ0n) is 9.41. The van der Waals surface area contributed by atoms with Crippen molar-refractivity contribution in [2.75, 3.05) is 5.32 Å². The molecule has 0 spiro atoms. The highest BCUT2D eigenvalue weighted by atomic mass is 35.5. The van der Waals surface area contributed by atoms with Crippen LogP contribution in [0.3, 0.4) is 0 Å². The Kier molecular flexibility index (Phi) is 3.45. The highest BCUT2D eigenvalue weighted by Crippen LogP contribution is 2.23. The van der Waals surface area contributed by atoms with Crippen LogP contribution in [0.1, 0.15) is 15.9 Å². The molecule has 0 atom stereocenters. The molecule has 0 aliphatic carbocycles. The minimum absolute atomic E-state index is 0.456.